The molecule has 0 aliphatic heterocycles. The molecule has 5 N–H and O–H groups in total. The van der Waals surface area contributed by atoms with E-state index in [4.69, 9.17) is 28.2 Å². The highest BCUT2D eigenvalue weighted by atomic mass is 35.5. The molecule has 0 saturated heterocycles. The highest BCUT2D eigenvalue weighted by molar-refractivity contribution is 6.33. The Morgan fingerprint density at radius 3 is 2.73 bits per heavy atom. The molecule has 0 aliphatic carbocycles. The summed E-state index contributed by atoms with van der Waals surface area (Å²) in [6, 6.07) is 7.15. The number of primary amides is 1. The predicted molar refractivity (Wildman–Crippen MR) is 140 cm³/mol. The maximum Gasteiger partial charge on any atom is 0.321 e. The van der Waals surface area contributed by atoms with Gasteiger partial charge in [-0.2, -0.15) is 0 Å². The highest BCUT2D eigenvalue weighted by Gasteiger charge is 2.23. The van der Waals surface area contributed by atoms with E-state index in [1.807, 2.05) is 23.8 Å². The van der Waals surface area contributed by atoms with Crippen LogP contribution in [-0.4, -0.2) is 61.5 Å². The Labute approximate surface area is 219 Å². The molecule has 194 valence electrons. The lowest BCUT2D eigenvalue weighted by molar-refractivity contribution is -0.142. The number of fused-ring (bicyclic) bond motifs is 1. The standard InChI is InChI=1S/C26H29ClN6O4/c1-2-17(8-11-32-12-9-20-23(27)30-16-31-25(20)32)15-33(22(34)14-21(28)26(36)37)10-4-6-18-5-3-7-19(13-18)24(29)35/h3,5,7,9,12-13,16-17,21H,2,8,10-11,14-15,28H2,1H3,(H2,29,35)(H,36,37). The highest BCUT2D eigenvalue weighted by Crippen LogP contribution is 2.22. The number of nitrogens with two attached hydrogens (primary N) is 2. The second kappa shape index (κ2) is 12.9. The Kier molecular flexibility index (Phi) is 9.60. The number of aromatic nitrogens is 3. The van der Waals surface area contributed by atoms with Crippen molar-refractivity contribution in [1.82, 2.24) is 19.4 Å². The summed E-state index contributed by atoms with van der Waals surface area (Å²) in [5, 5.41) is 10.3. The number of hydrogen-bond acceptors (Lipinski definition) is 6. The monoisotopic (exact) mass is 524 g/mol. The molecule has 0 radical (unpaired) electrons. The van der Waals surface area contributed by atoms with E-state index < -0.39 is 17.9 Å². The number of benzene rings is 1. The van der Waals surface area contributed by atoms with E-state index in [-0.39, 0.29) is 24.8 Å². The van der Waals surface area contributed by atoms with Crippen LogP contribution in [0.5, 0.6) is 0 Å². The van der Waals surface area contributed by atoms with Crippen molar-refractivity contribution in [3.63, 3.8) is 0 Å². The molecular weight excluding hydrogens is 496 g/mol. The van der Waals surface area contributed by atoms with Crippen molar-refractivity contribution in [2.45, 2.75) is 38.8 Å². The van der Waals surface area contributed by atoms with Crippen LogP contribution in [-0.2, 0) is 16.1 Å². The zero-order valence-corrected chi connectivity index (χ0v) is 21.2. The van der Waals surface area contributed by atoms with Crippen molar-refractivity contribution in [2.24, 2.45) is 17.4 Å². The molecule has 11 heteroatoms. The topological polar surface area (TPSA) is 157 Å². The van der Waals surface area contributed by atoms with Crippen molar-refractivity contribution in [3.05, 3.63) is 59.1 Å². The molecule has 0 aliphatic rings. The van der Waals surface area contributed by atoms with Crippen LogP contribution in [0.15, 0.2) is 42.9 Å². The summed E-state index contributed by atoms with van der Waals surface area (Å²) in [7, 11) is 0. The van der Waals surface area contributed by atoms with Gasteiger partial charge in [0.25, 0.3) is 0 Å². The van der Waals surface area contributed by atoms with Crippen molar-refractivity contribution >= 4 is 40.4 Å². The molecule has 0 saturated carbocycles. The van der Waals surface area contributed by atoms with Crippen LogP contribution in [0, 0.1) is 17.8 Å². The van der Waals surface area contributed by atoms with Crippen LogP contribution in [0.25, 0.3) is 11.0 Å². The van der Waals surface area contributed by atoms with E-state index >= 15 is 0 Å². The third kappa shape index (κ3) is 7.52. The first kappa shape index (κ1) is 27.6. The minimum atomic E-state index is -1.30. The van der Waals surface area contributed by atoms with Gasteiger partial charge in [0.15, 0.2) is 0 Å². The van der Waals surface area contributed by atoms with Crippen LogP contribution < -0.4 is 11.5 Å². The van der Waals surface area contributed by atoms with Crippen LogP contribution >= 0.6 is 11.6 Å². The lowest BCUT2D eigenvalue weighted by Gasteiger charge is -2.26. The number of amides is 2. The number of halogens is 1. The molecule has 2 atom stereocenters. The molecule has 2 unspecified atom stereocenters. The summed E-state index contributed by atoms with van der Waals surface area (Å²) in [5.74, 6) is 3.82. The Morgan fingerprint density at radius 2 is 2.03 bits per heavy atom. The molecule has 0 fully saturated rings. The van der Waals surface area contributed by atoms with Crippen molar-refractivity contribution in [2.75, 3.05) is 13.1 Å². The summed E-state index contributed by atoms with van der Waals surface area (Å²) < 4.78 is 1.99. The molecule has 10 nitrogen and oxygen atoms in total. The molecule has 3 rings (SSSR count). The fourth-order valence-corrected chi connectivity index (χ4v) is 4.05. The van der Waals surface area contributed by atoms with Gasteiger partial charge in [-0.15, -0.1) is 0 Å². The van der Waals surface area contributed by atoms with Gasteiger partial charge in [-0.1, -0.05) is 42.9 Å². The maximum atomic E-state index is 13.0. The first-order valence-electron chi connectivity index (χ1n) is 11.8. The Balaban J connectivity index is 1.73. The SMILES string of the molecule is CCC(CCn1ccc2c(Cl)ncnc21)CN(CC#Cc1cccc(C(N)=O)c1)C(=O)CC(N)C(=O)O. The van der Waals surface area contributed by atoms with E-state index in [1.54, 1.807) is 24.3 Å². The number of aryl methyl sites for hydroxylation is 1. The molecule has 0 bridgehead atoms. The number of carboxylic acid groups (broad SMARTS) is 1. The zero-order valence-electron chi connectivity index (χ0n) is 20.4. The second-order valence-corrected chi connectivity index (χ2v) is 9.00. The minimum absolute atomic E-state index is 0.0811. The molecule has 2 aromatic heterocycles. The van der Waals surface area contributed by atoms with Crippen LogP contribution in [0.4, 0.5) is 0 Å². The van der Waals surface area contributed by atoms with Gasteiger partial charge in [0.2, 0.25) is 11.8 Å². The van der Waals surface area contributed by atoms with Crippen LogP contribution in [0.2, 0.25) is 5.15 Å². The maximum absolute atomic E-state index is 13.0. The second-order valence-electron chi connectivity index (χ2n) is 8.64. The summed E-state index contributed by atoms with van der Waals surface area (Å²) in [6.07, 6.45) is 4.52. The number of rotatable bonds is 11. The number of aliphatic carboxylic acids is 1. The molecule has 0 spiro atoms. The summed E-state index contributed by atoms with van der Waals surface area (Å²) in [5.41, 5.74) is 12.6. The normalized spacial score (nSPS) is 12.4. The number of carbonyl (C=O) groups is 3. The number of carboxylic acids is 1. The average Bonchev–Trinajstić information content (AvgIpc) is 3.29. The van der Waals surface area contributed by atoms with Gasteiger partial charge in [0.05, 0.1) is 18.4 Å². The lowest BCUT2D eigenvalue weighted by Crippen LogP contribution is -2.41. The van der Waals surface area contributed by atoms with E-state index in [2.05, 4.69) is 21.8 Å². The van der Waals surface area contributed by atoms with Crippen molar-refractivity contribution in [1.29, 1.82) is 0 Å². The van der Waals surface area contributed by atoms with Gasteiger partial charge in [0, 0.05) is 30.4 Å². The van der Waals surface area contributed by atoms with Gasteiger partial charge in [0.1, 0.15) is 23.2 Å². The number of hydrogen-bond donors (Lipinski definition) is 3. The van der Waals surface area contributed by atoms with E-state index in [9.17, 15) is 14.4 Å². The smallest absolute Gasteiger partial charge is 0.321 e. The first-order chi connectivity index (χ1) is 17.7. The number of nitrogens with zero attached hydrogens (tertiary/aromatic N) is 4. The van der Waals surface area contributed by atoms with Crippen molar-refractivity contribution in [3.8, 4) is 11.8 Å². The van der Waals surface area contributed by atoms with Gasteiger partial charge in [-0.3, -0.25) is 14.4 Å². The van der Waals surface area contributed by atoms with Crippen LogP contribution in [0.1, 0.15) is 42.1 Å². The summed E-state index contributed by atoms with van der Waals surface area (Å²) in [4.78, 5) is 45.4. The van der Waals surface area contributed by atoms with Gasteiger partial charge >= 0.3 is 5.97 Å². The zero-order chi connectivity index (χ0) is 26.9. The van der Waals surface area contributed by atoms with Crippen molar-refractivity contribution < 1.29 is 19.5 Å². The largest absolute Gasteiger partial charge is 0.480 e. The van der Waals surface area contributed by atoms with E-state index in [0.29, 0.717) is 29.4 Å². The van der Waals surface area contributed by atoms with E-state index in [0.717, 1.165) is 23.9 Å². The Bertz CT molecular complexity index is 1350. The molecule has 37 heavy (non-hydrogen) atoms. The molecular formula is C26H29ClN6O4. The van der Waals surface area contributed by atoms with Gasteiger partial charge < -0.3 is 26.0 Å². The third-order valence-corrected chi connectivity index (χ3v) is 6.36. The number of carbonyl (C=O) groups excluding carboxylic acids is 2. The molecule has 3 aromatic rings. The Hall–Kier alpha value is -3.94. The summed E-state index contributed by atoms with van der Waals surface area (Å²) in [6.45, 7) is 3.14. The lowest BCUT2D eigenvalue weighted by atomic mass is 10.0. The minimum Gasteiger partial charge on any atom is -0.480 e. The third-order valence-electron chi connectivity index (χ3n) is 6.06. The molecule has 1 aromatic carbocycles. The van der Waals surface area contributed by atoms with E-state index in [1.165, 1.54) is 11.2 Å². The predicted octanol–water partition coefficient (Wildman–Crippen LogP) is 2.28. The fraction of sp³-hybridized carbons (Fsp3) is 0.346. The summed E-state index contributed by atoms with van der Waals surface area (Å²) >= 11 is 6.15. The quantitative estimate of drug-likeness (QED) is 0.256. The first-order valence-corrected chi connectivity index (χ1v) is 12.2. The van der Waals surface area contributed by atoms with Gasteiger partial charge in [-0.05, 0) is 36.6 Å². The molecule has 2 amide bonds. The van der Waals surface area contributed by atoms with Crippen LogP contribution in [0.3, 0.4) is 0 Å². The molecule has 2 heterocycles. The Morgan fingerprint density at radius 1 is 1.24 bits per heavy atom. The van der Waals surface area contributed by atoms with Gasteiger partial charge in [-0.25, -0.2) is 9.97 Å². The fourth-order valence-electron chi connectivity index (χ4n) is 3.86. The average molecular weight is 525 g/mol.